The predicted molar refractivity (Wildman–Crippen MR) is 133 cm³/mol. The zero-order valence-electron chi connectivity index (χ0n) is 19.4. The van der Waals surface area contributed by atoms with Gasteiger partial charge in [-0.05, 0) is 42.8 Å². The van der Waals surface area contributed by atoms with Crippen molar-refractivity contribution in [2.24, 2.45) is 0 Å². The molecule has 0 spiro atoms. The number of nitrogens with one attached hydrogen (secondary N) is 3. The Morgan fingerprint density at radius 2 is 1.74 bits per heavy atom. The molecule has 0 fully saturated rings. The van der Waals surface area contributed by atoms with Crippen LogP contribution in [0.15, 0.2) is 71.6 Å². The quantitative estimate of drug-likeness (QED) is 0.231. The maximum atomic E-state index is 13.8. The Balaban J connectivity index is 2.15. The zero-order chi connectivity index (χ0) is 24.6. The number of benzene rings is 3. The second kappa shape index (κ2) is 11.4. The van der Waals surface area contributed by atoms with Gasteiger partial charge >= 0.3 is 5.97 Å². The molecule has 1 unspecified atom stereocenters. The van der Waals surface area contributed by atoms with Crippen molar-refractivity contribution in [1.29, 1.82) is 4.78 Å². The van der Waals surface area contributed by atoms with E-state index in [1.54, 1.807) is 42.5 Å². The van der Waals surface area contributed by atoms with Crippen LogP contribution < -0.4 is 19.5 Å². The van der Waals surface area contributed by atoms with Gasteiger partial charge in [-0.1, -0.05) is 37.6 Å². The van der Waals surface area contributed by atoms with E-state index in [0.717, 1.165) is 12.8 Å². The van der Waals surface area contributed by atoms with Gasteiger partial charge in [-0.2, -0.15) is 0 Å². The molecule has 3 aromatic carbocycles. The molecular weight excluding hydrogens is 454 g/mol. The van der Waals surface area contributed by atoms with Crippen molar-refractivity contribution < 1.29 is 23.2 Å². The molecule has 0 saturated heterocycles. The van der Waals surface area contributed by atoms with Crippen molar-refractivity contribution in [3.63, 3.8) is 0 Å². The SMILES string of the molecule is CCCCNc1cc(C(=O)OC)cc(S(=N)(=O)Nc2cccc(OC)c2)c1Oc1ccccc1. The van der Waals surface area contributed by atoms with E-state index >= 15 is 0 Å². The molecule has 0 aromatic heterocycles. The lowest BCUT2D eigenvalue weighted by atomic mass is 10.1. The number of carbonyl (C=O) groups is 1. The molecule has 3 aromatic rings. The molecule has 0 aliphatic carbocycles. The second-order valence-electron chi connectivity index (χ2n) is 7.43. The van der Waals surface area contributed by atoms with Crippen molar-refractivity contribution in [1.82, 2.24) is 0 Å². The van der Waals surface area contributed by atoms with Crippen LogP contribution in [0.1, 0.15) is 30.1 Å². The molecule has 0 aliphatic heterocycles. The molecule has 0 radical (unpaired) electrons. The number of hydrogen-bond acceptors (Lipinski definition) is 7. The minimum Gasteiger partial charge on any atom is -0.497 e. The number of ether oxygens (including phenoxy) is 3. The van der Waals surface area contributed by atoms with Gasteiger partial charge in [-0.3, -0.25) is 4.72 Å². The van der Waals surface area contributed by atoms with Crippen molar-refractivity contribution in [3.8, 4) is 17.2 Å². The van der Waals surface area contributed by atoms with E-state index < -0.39 is 15.9 Å². The standard InChI is InChI=1S/C25H29N3O5S/c1-4-5-14-27-22-15-18(25(29)32-3)16-23(24(22)33-20-11-7-6-8-12-20)34(26,30)28-19-10-9-13-21(17-19)31-2/h6-13,15-17,27H,4-5,14H2,1-3H3,(H2,26,28,30). The highest BCUT2D eigenvalue weighted by atomic mass is 32.2. The van der Waals surface area contributed by atoms with Crippen molar-refractivity contribution in [2.45, 2.75) is 24.7 Å². The molecular formula is C25H29N3O5S. The Morgan fingerprint density at radius 1 is 1.00 bits per heavy atom. The maximum absolute atomic E-state index is 13.8. The molecule has 8 nitrogen and oxygen atoms in total. The Kier molecular flexibility index (Phi) is 8.37. The van der Waals surface area contributed by atoms with E-state index in [4.69, 9.17) is 19.0 Å². The zero-order valence-corrected chi connectivity index (χ0v) is 20.2. The fraction of sp³-hybridized carbons (Fsp3) is 0.240. The molecule has 0 amide bonds. The summed E-state index contributed by atoms with van der Waals surface area (Å²) in [5.74, 6) is 0.642. The van der Waals surface area contributed by atoms with Gasteiger partial charge in [0, 0.05) is 12.6 Å². The predicted octanol–water partition coefficient (Wildman–Crippen LogP) is 5.92. The van der Waals surface area contributed by atoms with Crippen LogP contribution in [0.4, 0.5) is 11.4 Å². The first-order chi connectivity index (χ1) is 16.4. The number of hydrogen-bond donors (Lipinski definition) is 3. The van der Waals surface area contributed by atoms with E-state index in [9.17, 15) is 9.00 Å². The van der Waals surface area contributed by atoms with Gasteiger partial charge in [0.15, 0.2) is 15.7 Å². The number of carbonyl (C=O) groups excluding carboxylic acids is 1. The van der Waals surface area contributed by atoms with Crippen LogP contribution in [0.2, 0.25) is 0 Å². The molecule has 0 aliphatic rings. The Hall–Kier alpha value is -3.72. The maximum Gasteiger partial charge on any atom is 0.337 e. The van der Waals surface area contributed by atoms with Gasteiger partial charge in [0.1, 0.15) is 16.4 Å². The first-order valence-corrected chi connectivity index (χ1v) is 12.4. The summed E-state index contributed by atoms with van der Waals surface area (Å²) < 4.78 is 41.5. The van der Waals surface area contributed by atoms with Crippen LogP contribution in [-0.4, -0.2) is 30.9 Å². The first-order valence-electron chi connectivity index (χ1n) is 10.8. The largest absolute Gasteiger partial charge is 0.497 e. The molecule has 1 atom stereocenters. The van der Waals surface area contributed by atoms with Crippen molar-refractivity contribution in [3.05, 3.63) is 72.3 Å². The minimum atomic E-state index is -3.68. The van der Waals surface area contributed by atoms with Gasteiger partial charge < -0.3 is 19.5 Å². The van der Waals surface area contributed by atoms with Crippen LogP contribution in [0.3, 0.4) is 0 Å². The average Bonchev–Trinajstić information content (AvgIpc) is 2.84. The number of unbranched alkanes of at least 4 members (excludes halogenated alkanes) is 1. The highest BCUT2D eigenvalue weighted by molar-refractivity contribution is 7.93. The molecule has 3 rings (SSSR count). The lowest BCUT2D eigenvalue weighted by Crippen LogP contribution is -2.16. The number of rotatable bonds is 11. The van der Waals surface area contributed by atoms with E-state index in [1.807, 2.05) is 18.2 Å². The first kappa shape index (κ1) is 24.9. The monoisotopic (exact) mass is 483 g/mol. The van der Waals surface area contributed by atoms with Crippen LogP contribution in [0.5, 0.6) is 17.2 Å². The molecule has 0 bridgehead atoms. The van der Waals surface area contributed by atoms with E-state index in [0.29, 0.717) is 29.4 Å². The Morgan fingerprint density at radius 3 is 2.41 bits per heavy atom. The molecule has 180 valence electrons. The van der Waals surface area contributed by atoms with Gasteiger partial charge in [0.05, 0.1) is 31.2 Å². The third-order valence-electron chi connectivity index (χ3n) is 4.93. The van der Waals surface area contributed by atoms with E-state index in [2.05, 4.69) is 17.0 Å². The summed E-state index contributed by atoms with van der Waals surface area (Å²) >= 11 is 0. The van der Waals surface area contributed by atoms with E-state index in [-0.39, 0.29) is 16.2 Å². The van der Waals surface area contributed by atoms with Crippen LogP contribution >= 0.6 is 0 Å². The lowest BCUT2D eigenvalue weighted by Gasteiger charge is -2.20. The average molecular weight is 484 g/mol. The number of para-hydroxylation sites is 1. The fourth-order valence-corrected chi connectivity index (χ4v) is 4.48. The van der Waals surface area contributed by atoms with Crippen LogP contribution in [0, 0.1) is 4.78 Å². The lowest BCUT2D eigenvalue weighted by molar-refractivity contribution is 0.0600. The van der Waals surface area contributed by atoms with E-state index in [1.165, 1.54) is 20.3 Å². The summed E-state index contributed by atoms with van der Waals surface area (Å²) in [4.78, 5) is 12.4. The van der Waals surface area contributed by atoms with Crippen molar-refractivity contribution >= 4 is 27.3 Å². The number of anilines is 2. The summed E-state index contributed by atoms with van der Waals surface area (Å²) in [5.41, 5.74) is 1.03. The highest BCUT2D eigenvalue weighted by Gasteiger charge is 2.24. The summed E-state index contributed by atoms with van der Waals surface area (Å²) in [6.07, 6.45) is 1.83. The topological polar surface area (TPSA) is 110 Å². The minimum absolute atomic E-state index is 0.0149. The molecule has 0 heterocycles. The number of methoxy groups -OCH3 is 2. The van der Waals surface area contributed by atoms with Gasteiger partial charge in [0.25, 0.3) is 0 Å². The molecule has 0 saturated carbocycles. The smallest absolute Gasteiger partial charge is 0.337 e. The second-order valence-corrected chi connectivity index (χ2v) is 9.18. The molecule has 3 N–H and O–H groups in total. The highest BCUT2D eigenvalue weighted by Crippen LogP contribution is 2.39. The summed E-state index contributed by atoms with van der Waals surface area (Å²) in [5, 5.41) is 3.26. The van der Waals surface area contributed by atoms with Crippen LogP contribution in [0.25, 0.3) is 0 Å². The summed E-state index contributed by atoms with van der Waals surface area (Å²) in [7, 11) is -0.889. The van der Waals surface area contributed by atoms with Gasteiger partial charge in [0.2, 0.25) is 0 Å². The molecule has 9 heteroatoms. The summed E-state index contributed by atoms with van der Waals surface area (Å²) in [6.45, 7) is 2.67. The number of esters is 1. The van der Waals surface area contributed by atoms with Gasteiger partial charge in [-0.25, -0.2) is 13.8 Å². The van der Waals surface area contributed by atoms with Gasteiger partial charge in [-0.15, -0.1) is 0 Å². The fourth-order valence-electron chi connectivity index (χ4n) is 3.20. The normalized spacial score (nSPS) is 12.3. The third kappa shape index (κ3) is 6.20. The van der Waals surface area contributed by atoms with Crippen molar-refractivity contribution in [2.75, 3.05) is 30.8 Å². The Labute approximate surface area is 200 Å². The Bertz CT molecular complexity index is 1230. The third-order valence-corrected chi connectivity index (χ3v) is 6.37. The van der Waals surface area contributed by atoms with Crippen LogP contribution in [-0.2, 0) is 14.7 Å². The summed E-state index contributed by atoms with van der Waals surface area (Å²) in [6, 6.07) is 18.7. The molecule has 34 heavy (non-hydrogen) atoms.